The number of likely N-dealkylation sites (tertiary alicyclic amines) is 1. The number of anilines is 2. The lowest BCUT2D eigenvalue weighted by atomic mass is 9.89. The van der Waals surface area contributed by atoms with Crippen LogP contribution in [0.25, 0.3) is 16.8 Å². The van der Waals surface area contributed by atoms with E-state index in [-0.39, 0.29) is 0 Å². The van der Waals surface area contributed by atoms with Crippen LogP contribution in [-0.2, 0) is 0 Å². The van der Waals surface area contributed by atoms with Crippen LogP contribution in [0.3, 0.4) is 0 Å². The van der Waals surface area contributed by atoms with Gasteiger partial charge >= 0.3 is 0 Å². The van der Waals surface area contributed by atoms with Gasteiger partial charge in [-0.05, 0) is 80.9 Å². The maximum Gasteiger partial charge on any atom is 0.245 e. The molecule has 0 amide bonds. The highest BCUT2D eigenvalue weighted by Crippen LogP contribution is 2.29. The van der Waals surface area contributed by atoms with E-state index in [0.717, 1.165) is 22.5 Å². The Labute approximate surface area is 181 Å². The summed E-state index contributed by atoms with van der Waals surface area (Å²) in [5.74, 6) is 1.22. The number of hydrogen-bond donors (Lipinski definition) is 1. The van der Waals surface area contributed by atoms with E-state index in [1.807, 2.05) is 47.1 Å². The quantitative estimate of drug-likeness (QED) is 0.469. The number of aromatic nitrogens is 3. The predicted octanol–water partition coefficient (Wildman–Crippen LogP) is 5.60. The fourth-order valence-electron chi connectivity index (χ4n) is 4.13. The Morgan fingerprint density at radius 1 is 1.00 bits per heavy atom. The number of fused-ring (bicyclic) bond motifs is 1. The normalized spacial score (nSPS) is 15.5. The monoisotopic (exact) mass is 417 g/mol. The fraction of sp³-hybridized carbons (Fsp3) is 0.250. The third kappa shape index (κ3) is 3.91. The molecule has 152 valence electrons. The molecule has 0 unspecified atom stereocenters. The Morgan fingerprint density at radius 3 is 2.57 bits per heavy atom. The van der Waals surface area contributed by atoms with Crippen molar-refractivity contribution in [3.63, 3.8) is 0 Å². The van der Waals surface area contributed by atoms with Crippen molar-refractivity contribution in [2.75, 3.05) is 25.5 Å². The number of piperidine rings is 1. The van der Waals surface area contributed by atoms with Crippen molar-refractivity contribution >= 4 is 28.8 Å². The van der Waals surface area contributed by atoms with E-state index in [0.29, 0.717) is 16.9 Å². The first kappa shape index (κ1) is 19.1. The molecule has 1 aliphatic heterocycles. The van der Waals surface area contributed by atoms with Crippen molar-refractivity contribution in [2.45, 2.75) is 18.8 Å². The first-order valence-corrected chi connectivity index (χ1v) is 10.7. The van der Waals surface area contributed by atoms with Gasteiger partial charge < -0.3 is 10.2 Å². The van der Waals surface area contributed by atoms with Crippen LogP contribution in [-0.4, -0.2) is 39.6 Å². The van der Waals surface area contributed by atoms with Crippen molar-refractivity contribution in [2.24, 2.45) is 0 Å². The Morgan fingerprint density at radius 2 is 1.80 bits per heavy atom. The second-order valence-electron chi connectivity index (χ2n) is 7.97. The van der Waals surface area contributed by atoms with Crippen LogP contribution in [0, 0.1) is 0 Å². The van der Waals surface area contributed by atoms with Gasteiger partial charge in [-0.3, -0.25) is 0 Å². The third-order valence-corrected chi connectivity index (χ3v) is 6.11. The SMILES string of the molecule is CN1CCC(c2ccc(Nc3ncc4ccc(-c5cccc(Cl)c5)n4n3)cc2)CC1. The van der Waals surface area contributed by atoms with E-state index < -0.39 is 0 Å². The van der Waals surface area contributed by atoms with Gasteiger partial charge in [0.1, 0.15) is 0 Å². The van der Waals surface area contributed by atoms with Crippen LogP contribution >= 0.6 is 11.6 Å². The highest BCUT2D eigenvalue weighted by molar-refractivity contribution is 6.30. The van der Waals surface area contributed by atoms with Gasteiger partial charge in [0, 0.05) is 16.3 Å². The summed E-state index contributed by atoms with van der Waals surface area (Å²) in [7, 11) is 2.20. The minimum Gasteiger partial charge on any atom is -0.323 e. The third-order valence-electron chi connectivity index (χ3n) is 5.88. The number of halogens is 1. The highest BCUT2D eigenvalue weighted by Gasteiger charge is 2.18. The van der Waals surface area contributed by atoms with Gasteiger partial charge in [-0.1, -0.05) is 35.9 Å². The molecule has 30 heavy (non-hydrogen) atoms. The molecule has 1 fully saturated rings. The molecule has 0 aliphatic carbocycles. The molecule has 1 N–H and O–H groups in total. The molecular formula is C24H24ClN5. The molecule has 1 aliphatic rings. The highest BCUT2D eigenvalue weighted by atomic mass is 35.5. The summed E-state index contributed by atoms with van der Waals surface area (Å²) in [4.78, 5) is 6.87. The van der Waals surface area contributed by atoms with Gasteiger partial charge in [-0.15, -0.1) is 5.10 Å². The van der Waals surface area contributed by atoms with Gasteiger partial charge in [0.25, 0.3) is 0 Å². The Balaban J connectivity index is 1.37. The minimum atomic E-state index is 0.564. The lowest BCUT2D eigenvalue weighted by molar-refractivity contribution is 0.255. The van der Waals surface area contributed by atoms with Crippen LogP contribution in [0.15, 0.2) is 66.9 Å². The predicted molar refractivity (Wildman–Crippen MR) is 123 cm³/mol. The number of hydrogen-bond acceptors (Lipinski definition) is 4. The standard InChI is InChI=1S/C24H24ClN5/c1-29-13-11-18(12-14-29)17-5-7-21(8-6-17)27-24-26-16-22-9-10-23(30(22)28-24)19-3-2-4-20(25)15-19/h2-10,15-16,18H,11-14H2,1H3,(H,27,28). The molecule has 2 aromatic carbocycles. The van der Waals surface area contributed by atoms with E-state index >= 15 is 0 Å². The van der Waals surface area contributed by atoms with Gasteiger partial charge in [0.05, 0.1) is 17.4 Å². The van der Waals surface area contributed by atoms with E-state index in [1.54, 1.807) is 0 Å². The fourth-order valence-corrected chi connectivity index (χ4v) is 4.33. The van der Waals surface area contributed by atoms with Crippen LogP contribution in [0.4, 0.5) is 11.6 Å². The zero-order valence-corrected chi connectivity index (χ0v) is 17.7. The molecule has 0 saturated carbocycles. The second-order valence-corrected chi connectivity index (χ2v) is 8.41. The van der Waals surface area contributed by atoms with Crippen molar-refractivity contribution in [1.29, 1.82) is 0 Å². The smallest absolute Gasteiger partial charge is 0.245 e. The number of rotatable bonds is 4. The summed E-state index contributed by atoms with van der Waals surface area (Å²) in [5.41, 5.74) is 5.35. The lowest BCUT2D eigenvalue weighted by Gasteiger charge is -2.29. The zero-order valence-electron chi connectivity index (χ0n) is 16.9. The van der Waals surface area contributed by atoms with Crippen molar-refractivity contribution in [3.05, 3.63) is 77.4 Å². The largest absolute Gasteiger partial charge is 0.323 e. The first-order valence-electron chi connectivity index (χ1n) is 10.3. The molecule has 4 aromatic rings. The van der Waals surface area contributed by atoms with E-state index in [9.17, 15) is 0 Å². The maximum atomic E-state index is 6.17. The molecule has 0 radical (unpaired) electrons. The topological polar surface area (TPSA) is 45.5 Å². The average Bonchev–Trinajstić information content (AvgIpc) is 3.18. The Bertz CT molecular complexity index is 1160. The van der Waals surface area contributed by atoms with Crippen LogP contribution < -0.4 is 5.32 Å². The molecule has 2 aromatic heterocycles. The van der Waals surface area contributed by atoms with Gasteiger partial charge in [0.15, 0.2) is 0 Å². The molecular weight excluding hydrogens is 394 g/mol. The number of nitrogens with zero attached hydrogens (tertiary/aromatic N) is 4. The zero-order chi connectivity index (χ0) is 20.5. The number of nitrogens with one attached hydrogen (secondary N) is 1. The molecule has 3 heterocycles. The second kappa shape index (κ2) is 8.09. The molecule has 0 atom stereocenters. The van der Waals surface area contributed by atoms with Crippen molar-refractivity contribution < 1.29 is 0 Å². The summed E-state index contributed by atoms with van der Waals surface area (Å²) in [6, 6.07) is 20.5. The molecule has 6 heteroatoms. The summed E-state index contributed by atoms with van der Waals surface area (Å²) >= 11 is 6.17. The Hall–Kier alpha value is -2.89. The van der Waals surface area contributed by atoms with Crippen molar-refractivity contribution in [1.82, 2.24) is 19.5 Å². The van der Waals surface area contributed by atoms with Crippen molar-refractivity contribution in [3.8, 4) is 11.3 Å². The molecule has 5 nitrogen and oxygen atoms in total. The Kier molecular flexibility index (Phi) is 5.15. The van der Waals surface area contributed by atoms with E-state index in [2.05, 4.69) is 46.5 Å². The molecule has 0 spiro atoms. The summed E-state index contributed by atoms with van der Waals surface area (Å²) < 4.78 is 1.90. The maximum absolute atomic E-state index is 6.17. The van der Waals surface area contributed by atoms with Crippen LogP contribution in [0.5, 0.6) is 0 Å². The van der Waals surface area contributed by atoms with Crippen LogP contribution in [0.2, 0.25) is 5.02 Å². The lowest BCUT2D eigenvalue weighted by Crippen LogP contribution is -2.29. The number of benzene rings is 2. The first-order chi connectivity index (χ1) is 14.7. The van der Waals surface area contributed by atoms with Gasteiger partial charge in [0.2, 0.25) is 5.95 Å². The summed E-state index contributed by atoms with van der Waals surface area (Å²) in [6.07, 6.45) is 4.28. The molecule has 1 saturated heterocycles. The molecule has 0 bridgehead atoms. The van der Waals surface area contributed by atoms with E-state index in [1.165, 1.54) is 31.5 Å². The van der Waals surface area contributed by atoms with E-state index in [4.69, 9.17) is 16.7 Å². The van der Waals surface area contributed by atoms with Gasteiger partial charge in [-0.25, -0.2) is 9.50 Å². The minimum absolute atomic E-state index is 0.564. The molecule has 5 rings (SSSR count). The summed E-state index contributed by atoms with van der Waals surface area (Å²) in [6.45, 7) is 2.34. The average molecular weight is 418 g/mol. The summed E-state index contributed by atoms with van der Waals surface area (Å²) in [5, 5.41) is 8.75. The van der Waals surface area contributed by atoms with Crippen LogP contribution in [0.1, 0.15) is 24.3 Å². The van der Waals surface area contributed by atoms with Gasteiger partial charge in [-0.2, -0.15) is 0 Å².